The zero-order chi connectivity index (χ0) is 14.7. The Morgan fingerprint density at radius 2 is 2.32 bits per heavy atom. The topological polar surface area (TPSA) is 70.2 Å². The molecule has 3 heterocycles. The van der Waals surface area contributed by atoms with E-state index in [-0.39, 0.29) is 24.4 Å². The summed E-state index contributed by atoms with van der Waals surface area (Å²) in [5, 5.41) is 9.07. The smallest absolute Gasteiger partial charge is 0.242 e. The molecule has 2 aromatic rings. The van der Waals surface area contributed by atoms with Gasteiger partial charge in [-0.1, -0.05) is 0 Å². The highest BCUT2D eigenvalue weighted by molar-refractivity contribution is 7.16. The molecule has 0 bridgehead atoms. The molecule has 0 aliphatic carbocycles. The fourth-order valence-electron chi connectivity index (χ4n) is 2.73. The van der Waals surface area contributed by atoms with E-state index >= 15 is 0 Å². The first-order valence-corrected chi connectivity index (χ1v) is 8.06. The van der Waals surface area contributed by atoms with Gasteiger partial charge in [0, 0.05) is 19.6 Å². The number of likely N-dealkylation sites (N-methyl/N-ethyl adjacent to an activating group) is 1. The lowest BCUT2D eigenvalue weighted by atomic mass is 10.2. The van der Waals surface area contributed by atoms with Crippen LogP contribution < -0.4 is 15.5 Å². The molecule has 0 spiro atoms. The second-order valence-corrected chi connectivity index (χ2v) is 5.98. The third kappa shape index (κ3) is 3.31. The van der Waals surface area contributed by atoms with Crippen LogP contribution in [-0.4, -0.2) is 48.6 Å². The van der Waals surface area contributed by atoms with Gasteiger partial charge in [0.05, 0.1) is 5.39 Å². The van der Waals surface area contributed by atoms with Gasteiger partial charge in [-0.15, -0.1) is 23.7 Å². The summed E-state index contributed by atoms with van der Waals surface area (Å²) < 4.78 is 0. The van der Waals surface area contributed by atoms with Crippen LogP contribution in [0.2, 0.25) is 0 Å². The van der Waals surface area contributed by atoms with Crippen molar-refractivity contribution in [2.24, 2.45) is 0 Å². The van der Waals surface area contributed by atoms with E-state index in [0.29, 0.717) is 6.54 Å². The van der Waals surface area contributed by atoms with E-state index in [9.17, 15) is 4.79 Å². The minimum absolute atomic E-state index is 0. The first kappa shape index (κ1) is 16.9. The number of carbonyl (C=O) groups excluding carboxylic acids is 1. The lowest BCUT2D eigenvalue weighted by Gasteiger charge is -2.25. The third-order valence-electron chi connectivity index (χ3n) is 3.74. The number of nitrogens with zero attached hydrogens (tertiary/aromatic N) is 3. The van der Waals surface area contributed by atoms with Crippen LogP contribution in [0, 0.1) is 0 Å². The van der Waals surface area contributed by atoms with Crippen LogP contribution in [0.15, 0.2) is 17.8 Å². The molecule has 120 valence electrons. The molecule has 3 rings (SSSR count). The van der Waals surface area contributed by atoms with Gasteiger partial charge in [0.15, 0.2) is 0 Å². The van der Waals surface area contributed by atoms with Gasteiger partial charge in [-0.25, -0.2) is 9.97 Å². The van der Waals surface area contributed by atoms with Crippen LogP contribution in [0.25, 0.3) is 10.2 Å². The molecule has 1 aliphatic heterocycles. The van der Waals surface area contributed by atoms with Gasteiger partial charge in [-0.2, -0.15) is 0 Å². The minimum atomic E-state index is -0.125. The summed E-state index contributed by atoms with van der Waals surface area (Å²) in [6.07, 6.45) is 3.48. The maximum absolute atomic E-state index is 12.4. The number of nitrogens with one attached hydrogen (secondary N) is 2. The van der Waals surface area contributed by atoms with Crippen LogP contribution in [0.4, 0.5) is 5.82 Å². The number of carbonyl (C=O) groups is 1. The molecule has 2 aromatic heterocycles. The molecular weight excluding hydrogens is 322 g/mol. The molecule has 8 heteroatoms. The van der Waals surface area contributed by atoms with Crippen molar-refractivity contribution < 1.29 is 4.79 Å². The largest absolute Gasteiger partial charge is 0.353 e. The molecule has 1 fully saturated rings. The Balaban J connectivity index is 0.00000176. The summed E-state index contributed by atoms with van der Waals surface area (Å²) in [5.41, 5.74) is 0. The summed E-state index contributed by atoms with van der Waals surface area (Å²) in [6, 6.07) is 1.91. The van der Waals surface area contributed by atoms with Crippen LogP contribution >= 0.6 is 23.7 Å². The monoisotopic (exact) mass is 341 g/mol. The SMILES string of the molecule is CNCCNC(=O)C1CCCN1c1ncnc2sccc12.Cl. The number of hydrogen-bond donors (Lipinski definition) is 2. The Morgan fingerprint density at radius 1 is 1.45 bits per heavy atom. The summed E-state index contributed by atoms with van der Waals surface area (Å²) >= 11 is 1.60. The molecule has 0 aromatic carbocycles. The second-order valence-electron chi connectivity index (χ2n) is 5.08. The lowest BCUT2D eigenvalue weighted by molar-refractivity contribution is -0.122. The maximum atomic E-state index is 12.4. The van der Waals surface area contributed by atoms with E-state index in [1.165, 1.54) is 0 Å². The van der Waals surface area contributed by atoms with Crippen molar-refractivity contribution in [1.82, 2.24) is 20.6 Å². The second kappa shape index (κ2) is 7.71. The molecule has 6 nitrogen and oxygen atoms in total. The Bertz CT molecular complexity index is 634. The number of thiophene rings is 1. The van der Waals surface area contributed by atoms with Crippen molar-refractivity contribution in [3.63, 3.8) is 0 Å². The Morgan fingerprint density at radius 3 is 3.14 bits per heavy atom. The van der Waals surface area contributed by atoms with Crippen LogP contribution in [0.5, 0.6) is 0 Å². The molecule has 22 heavy (non-hydrogen) atoms. The minimum Gasteiger partial charge on any atom is -0.353 e. The van der Waals surface area contributed by atoms with Crippen LogP contribution in [0.1, 0.15) is 12.8 Å². The predicted octanol–water partition coefficient (Wildman–Crippen LogP) is 1.42. The molecule has 1 amide bonds. The number of aromatic nitrogens is 2. The van der Waals surface area contributed by atoms with E-state index in [4.69, 9.17) is 0 Å². The summed E-state index contributed by atoms with van der Waals surface area (Å²) in [4.78, 5) is 24.1. The van der Waals surface area contributed by atoms with Gasteiger partial charge in [0.1, 0.15) is 23.0 Å². The first-order valence-electron chi connectivity index (χ1n) is 7.18. The van der Waals surface area contributed by atoms with E-state index in [2.05, 4.69) is 25.5 Å². The van der Waals surface area contributed by atoms with Crippen molar-refractivity contribution in [3.8, 4) is 0 Å². The summed E-state index contributed by atoms with van der Waals surface area (Å²) in [6.45, 7) is 2.30. The Labute approximate surface area is 139 Å². The molecule has 1 atom stereocenters. The molecule has 0 saturated carbocycles. The standard InChI is InChI=1S/C14H19N5OS.ClH/c1-15-5-6-16-13(20)11-3-2-7-19(11)12-10-4-8-21-14(10)18-9-17-12;/h4,8-9,11,15H,2-3,5-7H2,1H3,(H,16,20);1H. The number of amides is 1. The Hall–Kier alpha value is -1.44. The van der Waals surface area contributed by atoms with Gasteiger partial charge < -0.3 is 15.5 Å². The molecule has 1 aliphatic rings. The number of halogens is 1. The van der Waals surface area contributed by atoms with Gasteiger partial charge in [-0.05, 0) is 31.3 Å². The highest BCUT2D eigenvalue weighted by Gasteiger charge is 2.32. The number of anilines is 1. The zero-order valence-electron chi connectivity index (χ0n) is 12.4. The third-order valence-corrected chi connectivity index (χ3v) is 4.56. The zero-order valence-corrected chi connectivity index (χ0v) is 14.0. The highest BCUT2D eigenvalue weighted by Crippen LogP contribution is 2.31. The van der Waals surface area contributed by atoms with Crippen molar-refractivity contribution in [3.05, 3.63) is 17.8 Å². The van der Waals surface area contributed by atoms with Crippen molar-refractivity contribution in [2.45, 2.75) is 18.9 Å². The van der Waals surface area contributed by atoms with E-state index in [0.717, 1.165) is 42.0 Å². The van der Waals surface area contributed by atoms with Crippen molar-refractivity contribution >= 4 is 45.7 Å². The molecule has 1 saturated heterocycles. The van der Waals surface area contributed by atoms with Gasteiger partial charge in [0.25, 0.3) is 0 Å². The van der Waals surface area contributed by atoms with Crippen LogP contribution in [-0.2, 0) is 4.79 Å². The van der Waals surface area contributed by atoms with Gasteiger partial charge in [0.2, 0.25) is 5.91 Å². The maximum Gasteiger partial charge on any atom is 0.242 e. The van der Waals surface area contributed by atoms with Gasteiger partial charge >= 0.3 is 0 Å². The predicted molar refractivity (Wildman–Crippen MR) is 92.0 cm³/mol. The van der Waals surface area contributed by atoms with Crippen molar-refractivity contribution in [1.29, 1.82) is 0 Å². The fourth-order valence-corrected chi connectivity index (χ4v) is 3.45. The van der Waals surface area contributed by atoms with E-state index < -0.39 is 0 Å². The van der Waals surface area contributed by atoms with E-state index in [1.807, 2.05) is 18.5 Å². The summed E-state index contributed by atoms with van der Waals surface area (Å²) in [5.74, 6) is 0.970. The molecule has 1 unspecified atom stereocenters. The van der Waals surface area contributed by atoms with Crippen LogP contribution in [0.3, 0.4) is 0 Å². The fraction of sp³-hybridized carbons (Fsp3) is 0.500. The summed E-state index contributed by atoms with van der Waals surface area (Å²) in [7, 11) is 1.88. The highest BCUT2D eigenvalue weighted by atomic mass is 35.5. The normalized spacial score (nSPS) is 17.5. The number of hydrogen-bond acceptors (Lipinski definition) is 6. The first-order chi connectivity index (χ1) is 10.3. The number of rotatable bonds is 5. The Kier molecular flexibility index (Phi) is 5.93. The average Bonchev–Trinajstić information content (AvgIpc) is 3.15. The quantitative estimate of drug-likeness (QED) is 0.805. The lowest BCUT2D eigenvalue weighted by Crippen LogP contribution is -2.45. The van der Waals surface area contributed by atoms with Gasteiger partial charge in [-0.3, -0.25) is 4.79 Å². The van der Waals surface area contributed by atoms with E-state index in [1.54, 1.807) is 17.7 Å². The van der Waals surface area contributed by atoms with Crippen molar-refractivity contribution in [2.75, 3.05) is 31.6 Å². The molecule has 0 radical (unpaired) electrons. The molecule has 2 N–H and O–H groups in total. The molecular formula is C14H20ClN5OS. The average molecular weight is 342 g/mol. The number of fused-ring (bicyclic) bond motifs is 1.